The number of hydrogen-bond acceptors (Lipinski definition) is 6. The maximum absolute atomic E-state index is 13.2. The Balaban J connectivity index is 1.54. The fourth-order valence-corrected chi connectivity index (χ4v) is 5.75. The van der Waals surface area contributed by atoms with Crippen LogP contribution in [0.1, 0.15) is 20.3 Å². The molecule has 10 heteroatoms. The molecule has 4 rings (SSSR count). The van der Waals surface area contributed by atoms with Crippen molar-refractivity contribution in [2.75, 3.05) is 5.32 Å². The summed E-state index contributed by atoms with van der Waals surface area (Å²) in [5.74, 6) is -0.716. The van der Waals surface area contributed by atoms with Crippen LogP contribution in [0.5, 0.6) is 0 Å². The molecule has 1 amide bonds. The van der Waals surface area contributed by atoms with Gasteiger partial charge in [0.2, 0.25) is 21.1 Å². The molecule has 0 unspecified atom stereocenters. The van der Waals surface area contributed by atoms with Gasteiger partial charge in [-0.05, 0) is 41.0 Å². The molecule has 0 saturated carbocycles. The van der Waals surface area contributed by atoms with Crippen LogP contribution < -0.4 is 10.0 Å². The van der Waals surface area contributed by atoms with E-state index in [1.165, 1.54) is 11.3 Å². The minimum Gasteiger partial charge on any atom is -0.299 e. The zero-order valence-corrected chi connectivity index (χ0v) is 21.7. The van der Waals surface area contributed by atoms with Crippen LogP contribution in [0.4, 0.5) is 5.13 Å². The van der Waals surface area contributed by atoms with Gasteiger partial charge in [-0.2, -0.15) is 4.72 Å². The molecule has 0 radical (unpaired) electrons. The molecule has 0 bridgehead atoms. The number of rotatable bonds is 8. The smallest absolute Gasteiger partial charge is 0.244 e. The molecule has 0 fully saturated rings. The maximum atomic E-state index is 13.2. The molecule has 4 aromatic rings. The van der Waals surface area contributed by atoms with Gasteiger partial charge in [-0.25, -0.2) is 8.42 Å². The van der Waals surface area contributed by atoms with E-state index in [4.69, 9.17) is 0 Å². The SMILES string of the molecule is CC[C@@H](C)[C@@H](NS(=O)(=O)c1ccc2ccccc2c1)C(=O)Nc1nnc(-c2ccc(Br)cc2)s1. The molecule has 0 saturated heterocycles. The molecule has 1 aromatic heterocycles. The number of hydrogen-bond donors (Lipinski definition) is 2. The van der Waals surface area contributed by atoms with Gasteiger partial charge in [-0.15, -0.1) is 10.2 Å². The number of nitrogens with zero attached hydrogens (tertiary/aromatic N) is 2. The summed E-state index contributed by atoms with van der Waals surface area (Å²) in [5.41, 5.74) is 0.872. The number of sulfonamides is 1. The molecule has 0 aliphatic heterocycles. The molecule has 3 aromatic carbocycles. The van der Waals surface area contributed by atoms with Gasteiger partial charge < -0.3 is 0 Å². The third-order valence-electron chi connectivity index (χ3n) is 5.56. The summed E-state index contributed by atoms with van der Waals surface area (Å²) < 4.78 is 29.9. The van der Waals surface area contributed by atoms with E-state index >= 15 is 0 Å². The van der Waals surface area contributed by atoms with E-state index in [-0.39, 0.29) is 10.8 Å². The summed E-state index contributed by atoms with van der Waals surface area (Å²) in [7, 11) is -3.93. The Hall–Kier alpha value is -2.66. The Labute approximate surface area is 210 Å². The number of carbonyl (C=O) groups excluding carboxylic acids is 1. The molecule has 176 valence electrons. The van der Waals surface area contributed by atoms with Gasteiger partial charge in [0, 0.05) is 10.0 Å². The van der Waals surface area contributed by atoms with Gasteiger partial charge in [-0.3, -0.25) is 10.1 Å². The first-order chi connectivity index (χ1) is 16.3. The van der Waals surface area contributed by atoms with Gasteiger partial charge in [0.1, 0.15) is 11.0 Å². The molecular formula is C24H23BrN4O3S2. The largest absolute Gasteiger partial charge is 0.299 e. The summed E-state index contributed by atoms with van der Waals surface area (Å²) in [4.78, 5) is 13.2. The van der Waals surface area contributed by atoms with Crippen LogP contribution in [0.25, 0.3) is 21.3 Å². The fourth-order valence-electron chi connectivity index (χ4n) is 3.40. The first kappa shape index (κ1) is 24.5. The lowest BCUT2D eigenvalue weighted by molar-refractivity contribution is -0.118. The van der Waals surface area contributed by atoms with E-state index in [0.29, 0.717) is 16.6 Å². The zero-order valence-electron chi connectivity index (χ0n) is 18.5. The molecule has 0 spiro atoms. The van der Waals surface area contributed by atoms with Crippen molar-refractivity contribution < 1.29 is 13.2 Å². The van der Waals surface area contributed by atoms with Crippen molar-refractivity contribution in [3.63, 3.8) is 0 Å². The number of anilines is 1. The Bertz CT molecular complexity index is 1420. The first-order valence-corrected chi connectivity index (χ1v) is 13.8. The minimum absolute atomic E-state index is 0.112. The van der Waals surface area contributed by atoms with E-state index in [2.05, 4.69) is 36.2 Å². The van der Waals surface area contributed by atoms with Crippen molar-refractivity contribution >= 4 is 59.1 Å². The van der Waals surface area contributed by atoms with Gasteiger partial charge in [-0.1, -0.05) is 90.0 Å². The molecule has 2 N–H and O–H groups in total. The fraction of sp³-hybridized carbons (Fsp3) is 0.208. The Morgan fingerprint density at radius 1 is 1.03 bits per heavy atom. The van der Waals surface area contributed by atoms with E-state index in [9.17, 15) is 13.2 Å². The number of aromatic nitrogens is 2. The quantitative estimate of drug-likeness (QED) is 0.299. The molecule has 34 heavy (non-hydrogen) atoms. The molecule has 0 aliphatic rings. The highest BCUT2D eigenvalue weighted by molar-refractivity contribution is 9.10. The second-order valence-corrected chi connectivity index (χ2v) is 11.5. The van der Waals surface area contributed by atoms with Crippen molar-refractivity contribution in [3.05, 3.63) is 71.2 Å². The topological polar surface area (TPSA) is 101 Å². The standard InChI is InChI=1S/C24H23BrN4O3S2/c1-3-15(2)21(29-34(31,32)20-13-10-16-6-4-5-7-18(16)14-20)22(30)26-24-28-27-23(33-24)17-8-11-19(25)12-9-17/h4-15,21,29H,3H2,1-2H3,(H,26,28,30)/t15-,21-/m1/s1. The average molecular weight is 560 g/mol. The van der Waals surface area contributed by atoms with Crippen LogP contribution in [0.15, 0.2) is 76.1 Å². The van der Waals surface area contributed by atoms with Crippen molar-refractivity contribution in [2.24, 2.45) is 5.92 Å². The lowest BCUT2D eigenvalue weighted by Crippen LogP contribution is -2.47. The van der Waals surface area contributed by atoms with Crippen molar-refractivity contribution in [1.29, 1.82) is 0 Å². The highest BCUT2D eigenvalue weighted by Gasteiger charge is 2.30. The summed E-state index contributed by atoms with van der Waals surface area (Å²) >= 11 is 4.62. The number of halogens is 1. The molecule has 1 heterocycles. The third kappa shape index (κ3) is 5.52. The van der Waals surface area contributed by atoms with Gasteiger partial charge in [0.15, 0.2) is 0 Å². The van der Waals surface area contributed by atoms with Crippen LogP contribution in [0, 0.1) is 5.92 Å². The van der Waals surface area contributed by atoms with Gasteiger partial charge >= 0.3 is 0 Å². The van der Waals surface area contributed by atoms with Gasteiger partial charge in [0.05, 0.1) is 4.90 Å². The van der Waals surface area contributed by atoms with Crippen molar-refractivity contribution in [2.45, 2.75) is 31.2 Å². The number of amides is 1. The highest BCUT2D eigenvalue weighted by atomic mass is 79.9. The number of carbonyl (C=O) groups is 1. The van der Waals surface area contributed by atoms with E-state index in [0.717, 1.165) is 20.8 Å². The number of fused-ring (bicyclic) bond motifs is 1. The highest BCUT2D eigenvalue weighted by Crippen LogP contribution is 2.28. The predicted octanol–water partition coefficient (Wildman–Crippen LogP) is 5.45. The Morgan fingerprint density at radius 2 is 1.74 bits per heavy atom. The molecule has 0 aliphatic carbocycles. The van der Waals surface area contributed by atoms with E-state index in [1.807, 2.05) is 62.4 Å². The maximum Gasteiger partial charge on any atom is 0.244 e. The summed E-state index contributed by atoms with van der Waals surface area (Å²) in [6.45, 7) is 3.74. The predicted molar refractivity (Wildman–Crippen MR) is 139 cm³/mol. The zero-order chi connectivity index (χ0) is 24.3. The van der Waals surface area contributed by atoms with E-state index < -0.39 is 22.0 Å². The second kappa shape index (κ2) is 10.3. The normalized spacial score (nSPS) is 13.5. The molecule has 7 nitrogen and oxygen atoms in total. The number of nitrogens with one attached hydrogen (secondary N) is 2. The monoisotopic (exact) mass is 558 g/mol. The Morgan fingerprint density at radius 3 is 2.44 bits per heavy atom. The van der Waals surface area contributed by atoms with Crippen molar-refractivity contribution in [1.82, 2.24) is 14.9 Å². The molecule has 2 atom stereocenters. The van der Waals surface area contributed by atoms with Gasteiger partial charge in [0.25, 0.3) is 0 Å². The minimum atomic E-state index is -3.93. The van der Waals surface area contributed by atoms with Crippen LogP contribution in [-0.4, -0.2) is 30.6 Å². The van der Waals surface area contributed by atoms with Crippen LogP contribution in [0.3, 0.4) is 0 Å². The first-order valence-electron chi connectivity index (χ1n) is 10.7. The second-order valence-electron chi connectivity index (χ2n) is 7.90. The summed E-state index contributed by atoms with van der Waals surface area (Å²) in [6, 6.07) is 19.1. The lowest BCUT2D eigenvalue weighted by Gasteiger charge is -2.23. The summed E-state index contributed by atoms with van der Waals surface area (Å²) in [6.07, 6.45) is 0.610. The van der Waals surface area contributed by atoms with Crippen molar-refractivity contribution in [3.8, 4) is 10.6 Å². The summed E-state index contributed by atoms with van der Waals surface area (Å²) in [5, 5.41) is 13.6. The van der Waals surface area contributed by atoms with E-state index in [1.54, 1.807) is 18.2 Å². The molecular weight excluding hydrogens is 536 g/mol. The third-order valence-corrected chi connectivity index (χ3v) is 8.41. The van der Waals surface area contributed by atoms with Crippen LogP contribution in [-0.2, 0) is 14.8 Å². The lowest BCUT2D eigenvalue weighted by atomic mass is 9.99. The Kier molecular flexibility index (Phi) is 7.42. The van der Waals surface area contributed by atoms with Crippen LogP contribution >= 0.6 is 27.3 Å². The van der Waals surface area contributed by atoms with Crippen LogP contribution in [0.2, 0.25) is 0 Å². The number of benzene rings is 3. The average Bonchev–Trinajstić information content (AvgIpc) is 3.30.